The fraction of sp³-hybridized carbons (Fsp3) is 0.462. The van der Waals surface area contributed by atoms with E-state index in [2.05, 4.69) is 27.7 Å². The number of aryl methyl sites for hydroxylation is 1. The Morgan fingerprint density at radius 2 is 1.82 bits per heavy atom. The SMILES string of the molecule is COc1ccc(C2(N)CCC(N3CC(NC(=O)CNC(=O)c4cccc(C)c4)C3)CC2)cc1. The zero-order valence-corrected chi connectivity index (χ0v) is 19.5. The quantitative estimate of drug-likeness (QED) is 0.602. The third kappa shape index (κ3) is 5.54. The maximum atomic E-state index is 12.2. The predicted octanol–water partition coefficient (Wildman–Crippen LogP) is 2.33. The zero-order chi connectivity index (χ0) is 23.4. The Morgan fingerprint density at radius 3 is 2.45 bits per heavy atom. The van der Waals surface area contributed by atoms with E-state index in [1.807, 2.05) is 37.3 Å². The molecule has 2 aromatic carbocycles. The second-order valence-corrected chi connectivity index (χ2v) is 9.39. The zero-order valence-electron chi connectivity index (χ0n) is 19.5. The molecule has 33 heavy (non-hydrogen) atoms. The van der Waals surface area contributed by atoms with Crippen molar-refractivity contribution in [1.29, 1.82) is 0 Å². The van der Waals surface area contributed by atoms with Gasteiger partial charge in [-0.15, -0.1) is 0 Å². The summed E-state index contributed by atoms with van der Waals surface area (Å²) in [6.45, 7) is 3.62. The van der Waals surface area contributed by atoms with Crippen molar-refractivity contribution in [3.05, 3.63) is 65.2 Å². The van der Waals surface area contributed by atoms with E-state index in [4.69, 9.17) is 10.5 Å². The smallest absolute Gasteiger partial charge is 0.251 e. The van der Waals surface area contributed by atoms with Gasteiger partial charge < -0.3 is 21.1 Å². The van der Waals surface area contributed by atoms with E-state index in [1.54, 1.807) is 13.2 Å². The molecule has 0 bridgehead atoms. The Morgan fingerprint density at radius 1 is 1.12 bits per heavy atom. The number of hydrogen-bond donors (Lipinski definition) is 3. The first kappa shape index (κ1) is 23.3. The number of rotatable bonds is 7. The van der Waals surface area contributed by atoms with Gasteiger partial charge in [-0.2, -0.15) is 0 Å². The maximum Gasteiger partial charge on any atom is 0.251 e. The van der Waals surface area contributed by atoms with Crippen LogP contribution in [0, 0.1) is 6.92 Å². The van der Waals surface area contributed by atoms with Crippen LogP contribution in [0.2, 0.25) is 0 Å². The average molecular weight is 451 g/mol. The second kappa shape index (κ2) is 9.93. The van der Waals surface area contributed by atoms with Crippen LogP contribution in [0.5, 0.6) is 5.75 Å². The van der Waals surface area contributed by atoms with Crippen molar-refractivity contribution >= 4 is 11.8 Å². The van der Waals surface area contributed by atoms with Crippen molar-refractivity contribution in [3.63, 3.8) is 0 Å². The normalized spacial score (nSPS) is 23.4. The number of ether oxygens (including phenoxy) is 1. The number of nitrogens with two attached hydrogens (primary N) is 1. The highest BCUT2D eigenvalue weighted by atomic mass is 16.5. The van der Waals surface area contributed by atoms with E-state index in [0.29, 0.717) is 11.6 Å². The largest absolute Gasteiger partial charge is 0.497 e. The van der Waals surface area contributed by atoms with Gasteiger partial charge in [0.2, 0.25) is 5.91 Å². The topological polar surface area (TPSA) is 96.7 Å². The molecule has 0 spiro atoms. The maximum absolute atomic E-state index is 12.2. The third-order valence-electron chi connectivity index (χ3n) is 6.99. The Balaban J connectivity index is 1.17. The van der Waals surface area contributed by atoms with E-state index in [0.717, 1.165) is 50.1 Å². The number of carbonyl (C=O) groups excluding carboxylic acids is 2. The predicted molar refractivity (Wildman–Crippen MR) is 128 cm³/mol. The first-order chi connectivity index (χ1) is 15.9. The molecular weight excluding hydrogens is 416 g/mol. The molecule has 2 aliphatic rings. The molecule has 2 fully saturated rings. The molecule has 2 amide bonds. The Labute approximate surface area is 195 Å². The fourth-order valence-corrected chi connectivity index (χ4v) is 4.92. The molecule has 7 heteroatoms. The average Bonchev–Trinajstić information content (AvgIpc) is 2.80. The van der Waals surface area contributed by atoms with E-state index in [1.165, 1.54) is 5.56 Å². The van der Waals surface area contributed by atoms with Crippen molar-refractivity contribution < 1.29 is 14.3 Å². The van der Waals surface area contributed by atoms with E-state index >= 15 is 0 Å². The van der Waals surface area contributed by atoms with Crippen LogP contribution in [0.25, 0.3) is 0 Å². The molecule has 0 unspecified atom stereocenters. The summed E-state index contributed by atoms with van der Waals surface area (Å²) < 4.78 is 5.25. The van der Waals surface area contributed by atoms with Gasteiger partial charge in [0.1, 0.15) is 5.75 Å². The van der Waals surface area contributed by atoms with Crippen LogP contribution >= 0.6 is 0 Å². The number of hydrogen-bond acceptors (Lipinski definition) is 5. The highest BCUT2D eigenvalue weighted by Crippen LogP contribution is 2.38. The number of amides is 2. The standard InChI is InChI=1S/C26H34N4O3/c1-18-4-3-5-19(14-18)25(32)28-15-24(31)29-21-16-30(17-21)22-10-12-26(27,13-11-22)20-6-8-23(33-2)9-7-20/h3-9,14,21-22H,10-13,15-17,27H2,1-2H3,(H,28,32)(H,29,31). The van der Waals surface area contributed by atoms with Crippen LogP contribution in [0.3, 0.4) is 0 Å². The van der Waals surface area contributed by atoms with Crippen molar-refractivity contribution in [2.24, 2.45) is 5.73 Å². The molecule has 0 aromatic heterocycles. The summed E-state index contributed by atoms with van der Waals surface area (Å²) in [5, 5.41) is 5.72. The molecule has 4 rings (SSSR count). The summed E-state index contributed by atoms with van der Waals surface area (Å²) >= 11 is 0. The Hall–Kier alpha value is -2.90. The lowest BCUT2D eigenvalue weighted by atomic mass is 9.75. The molecule has 0 atom stereocenters. The van der Waals surface area contributed by atoms with Gasteiger partial charge in [0, 0.05) is 30.2 Å². The summed E-state index contributed by atoms with van der Waals surface area (Å²) in [4.78, 5) is 26.9. The van der Waals surface area contributed by atoms with Crippen LogP contribution in [-0.4, -0.2) is 55.5 Å². The molecule has 1 saturated carbocycles. The molecule has 7 nitrogen and oxygen atoms in total. The minimum absolute atomic E-state index is 0.00966. The Kier molecular flexibility index (Phi) is 7.00. The molecule has 1 heterocycles. The molecule has 176 valence electrons. The minimum atomic E-state index is -0.281. The van der Waals surface area contributed by atoms with Crippen LogP contribution in [0.15, 0.2) is 48.5 Å². The first-order valence-electron chi connectivity index (χ1n) is 11.7. The van der Waals surface area contributed by atoms with Crippen LogP contribution in [0.1, 0.15) is 47.2 Å². The number of nitrogens with one attached hydrogen (secondary N) is 2. The van der Waals surface area contributed by atoms with Gasteiger partial charge in [0.15, 0.2) is 0 Å². The Bertz CT molecular complexity index is 977. The minimum Gasteiger partial charge on any atom is -0.497 e. The summed E-state index contributed by atoms with van der Waals surface area (Å²) in [5.74, 6) is 0.470. The van der Waals surface area contributed by atoms with Crippen molar-refractivity contribution in [2.45, 2.75) is 50.2 Å². The molecular formula is C26H34N4O3. The monoisotopic (exact) mass is 450 g/mol. The van der Waals surface area contributed by atoms with E-state index < -0.39 is 0 Å². The second-order valence-electron chi connectivity index (χ2n) is 9.39. The van der Waals surface area contributed by atoms with Crippen LogP contribution in [0.4, 0.5) is 0 Å². The molecule has 2 aromatic rings. The van der Waals surface area contributed by atoms with Crippen molar-refractivity contribution in [3.8, 4) is 5.75 Å². The number of carbonyl (C=O) groups is 2. The lowest BCUT2D eigenvalue weighted by molar-refractivity contribution is -0.122. The number of methoxy groups -OCH3 is 1. The fourth-order valence-electron chi connectivity index (χ4n) is 4.92. The highest BCUT2D eigenvalue weighted by molar-refractivity contribution is 5.96. The van der Waals surface area contributed by atoms with Gasteiger partial charge in [0.25, 0.3) is 5.91 Å². The molecule has 1 aliphatic carbocycles. The van der Waals surface area contributed by atoms with Gasteiger partial charge in [-0.3, -0.25) is 14.5 Å². The van der Waals surface area contributed by atoms with E-state index in [-0.39, 0.29) is 29.9 Å². The van der Waals surface area contributed by atoms with Gasteiger partial charge in [-0.25, -0.2) is 0 Å². The summed E-state index contributed by atoms with van der Waals surface area (Å²) in [7, 11) is 1.67. The molecule has 0 radical (unpaired) electrons. The molecule has 4 N–H and O–H groups in total. The number of likely N-dealkylation sites (tertiary alicyclic amines) is 1. The van der Waals surface area contributed by atoms with E-state index in [9.17, 15) is 9.59 Å². The van der Waals surface area contributed by atoms with Gasteiger partial charge in [-0.05, 0) is 62.4 Å². The summed E-state index contributed by atoms with van der Waals surface area (Å²) in [6.07, 6.45) is 4.00. The van der Waals surface area contributed by atoms with Gasteiger partial charge in [-0.1, -0.05) is 29.8 Å². The van der Waals surface area contributed by atoms with Crippen molar-refractivity contribution in [2.75, 3.05) is 26.7 Å². The molecule has 1 aliphatic heterocycles. The van der Waals surface area contributed by atoms with Crippen molar-refractivity contribution in [1.82, 2.24) is 15.5 Å². The lowest BCUT2D eigenvalue weighted by Gasteiger charge is -2.48. The lowest BCUT2D eigenvalue weighted by Crippen LogP contribution is -2.63. The molecule has 1 saturated heterocycles. The highest BCUT2D eigenvalue weighted by Gasteiger charge is 2.39. The summed E-state index contributed by atoms with van der Waals surface area (Å²) in [5.41, 5.74) is 9.22. The van der Waals surface area contributed by atoms with Gasteiger partial charge >= 0.3 is 0 Å². The van der Waals surface area contributed by atoms with Gasteiger partial charge in [0.05, 0.1) is 19.7 Å². The number of benzene rings is 2. The number of nitrogens with zero attached hydrogens (tertiary/aromatic N) is 1. The first-order valence-corrected chi connectivity index (χ1v) is 11.7. The van der Waals surface area contributed by atoms with Crippen LogP contribution in [-0.2, 0) is 10.3 Å². The van der Waals surface area contributed by atoms with Crippen LogP contribution < -0.4 is 21.1 Å². The third-order valence-corrected chi connectivity index (χ3v) is 6.99. The summed E-state index contributed by atoms with van der Waals surface area (Å²) in [6, 6.07) is 16.1.